The highest BCUT2D eigenvalue weighted by Gasteiger charge is 2.17. The minimum Gasteiger partial charge on any atom is -0.481 e. The van der Waals surface area contributed by atoms with Gasteiger partial charge >= 0.3 is 5.97 Å². The van der Waals surface area contributed by atoms with Crippen molar-refractivity contribution < 1.29 is 14.6 Å². The van der Waals surface area contributed by atoms with Gasteiger partial charge in [-0.15, -0.1) is 16.4 Å². The van der Waals surface area contributed by atoms with E-state index in [4.69, 9.17) is 9.84 Å². The van der Waals surface area contributed by atoms with Gasteiger partial charge in [-0.25, -0.2) is 4.68 Å². The number of halogens is 1. The Hall–Kier alpha value is -1.32. The molecule has 0 aliphatic rings. The lowest BCUT2D eigenvalue weighted by molar-refractivity contribution is -0.139. The number of tetrazole rings is 1. The van der Waals surface area contributed by atoms with Crippen LogP contribution in [0.1, 0.15) is 6.42 Å². The summed E-state index contributed by atoms with van der Waals surface area (Å²) >= 11 is 4.91. The van der Waals surface area contributed by atoms with Gasteiger partial charge in [0.1, 0.15) is 0 Å². The number of hydrogen-bond donors (Lipinski definition) is 1. The number of carboxylic acid groups (broad SMARTS) is 1. The van der Waals surface area contributed by atoms with Gasteiger partial charge in [-0.3, -0.25) is 4.79 Å². The average molecular weight is 347 g/mol. The van der Waals surface area contributed by atoms with Crippen molar-refractivity contribution in [1.29, 1.82) is 0 Å². The Kier molecular flexibility index (Phi) is 4.61. The molecule has 0 saturated heterocycles. The first kappa shape index (κ1) is 14.1. The molecule has 2 heterocycles. The number of aliphatic carboxylic acids is 1. The molecule has 2 aromatic heterocycles. The van der Waals surface area contributed by atoms with Crippen molar-refractivity contribution in [3.8, 4) is 11.4 Å². The summed E-state index contributed by atoms with van der Waals surface area (Å²) in [6, 6.07) is 1.91. The second-order valence-corrected chi connectivity index (χ2v) is 6.07. The van der Waals surface area contributed by atoms with Gasteiger partial charge in [0.25, 0.3) is 0 Å². The van der Waals surface area contributed by atoms with Gasteiger partial charge in [0.2, 0.25) is 0 Å². The number of carbonyl (C=O) groups is 1. The van der Waals surface area contributed by atoms with Crippen molar-refractivity contribution in [2.24, 2.45) is 0 Å². The fourth-order valence-corrected chi connectivity index (χ4v) is 2.71. The lowest BCUT2D eigenvalue weighted by Gasteiger charge is -2.13. The number of carboxylic acids is 1. The molecule has 0 aliphatic carbocycles. The van der Waals surface area contributed by atoms with Gasteiger partial charge in [-0.05, 0) is 32.4 Å². The molecular formula is C10H11BrN4O3S. The summed E-state index contributed by atoms with van der Waals surface area (Å²) in [4.78, 5) is 10.7. The van der Waals surface area contributed by atoms with Crippen LogP contribution >= 0.6 is 27.3 Å². The first-order valence-electron chi connectivity index (χ1n) is 5.35. The molecule has 1 atom stereocenters. The minimum absolute atomic E-state index is 0.0941. The molecule has 1 N–H and O–H groups in total. The second-order valence-electron chi connectivity index (χ2n) is 3.78. The summed E-state index contributed by atoms with van der Waals surface area (Å²) in [5, 5.41) is 22.2. The fraction of sp³-hybridized carbons (Fsp3) is 0.400. The van der Waals surface area contributed by atoms with Crippen LogP contribution in [0.4, 0.5) is 0 Å². The van der Waals surface area contributed by atoms with Gasteiger partial charge in [-0.2, -0.15) is 0 Å². The lowest BCUT2D eigenvalue weighted by atomic mass is 10.2. The fourth-order valence-electron chi connectivity index (χ4n) is 1.57. The number of nitrogens with zero attached hydrogens (tertiary/aromatic N) is 4. The summed E-state index contributed by atoms with van der Waals surface area (Å²) in [6.07, 6.45) is -0.565. The van der Waals surface area contributed by atoms with Gasteiger partial charge in [0.05, 0.1) is 22.9 Å². The molecule has 0 fully saturated rings. The van der Waals surface area contributed by atoms with E-state index >= 15 is 0 Å². The highest BCUT2D eigenvalue weighted by atomic mass is 79.9. The topological polar surface area (TPSA) is 90.1 Å². The number of thiophene rings is 1. The first-order valence-corrected chi connectivity index (χ1v) is 7.02. The minimum atomic E-state index is -0.917. The van der Waals surface area contributed by atoms with E-state index in [0.29, 0.717) is 12.4 Å². The molecule has 0 spiro atoms. The van der Waals surface area contributed by atoms with Crippen LogP contribution in [0, 0.1) is 0 Å². The normalized spacial score (nSPS) is 12.5. The Bertz CT molecular complexity index is 571. The maximum atomic E-state index is 10.7. The molecule has 0 bridgehead atoms. The molecule has 9 heteroatoms. The molecule has 102 valence electrons. The Labute approximate surface area is 121 Å². The molecule has 0 radical (unpaired) electrons. The Morgan fingerprint density at radius 1 is 1.68 bits per heavy atom. The van der Waals surface area contributed by atoms with Gasteiger partial charge in [-0.1, -0.05) is 0 Å². The number of hydrogen-bond acceptors (Lipinski definition) is 6. The first-order chi connectivity index (χ1) is 9.10. The van der Waals surface area contributed by atoms with Crippen molar-refractivity contribution in [3.63, 3.8) is 0 Å². The Morgan fingerprint density at radius 3 is 3.05 bits per heavy atom. The van der Waals surface area contributed by atoms with Crippen molar-refractivity contribution in [1.82, 2.24) is 20.2 Å². The molecular weight excluding hydrogens is 336 g/mol. The maximum Gasteiger partial charge on any atom is 0.306 e. The summed E-state index contributed by atoms with van der Waals surface area (Å²) in [6.45, 7) is 0.290. The number of ether oxygens (including phenoxy) is 1. The monoisotopic (exact) mass is 346 g/mol. The zero-order valence-corrected chi connectivity index (χ0v) is 12.4. The average Bonchev–Trinajstić information content (AvgIpc) is 2.96. The largest absolute Gasteiger partial charge is 0.481 e. The number of rotatable bonds is 6. The molecule has 2 rings (SSSR count). The summed E-state index contributed by atoms with van der Waals surface area (Å²) < 4.78 is 7.65. The molecule has 0 saturated carbocycles. The summed E-state index contributed by atoms with van der Waals surface area (Å²) in [7, 11) is 1.47. The van der Waals surface area contributed by atoms with Crippen LogP contribution in [0.15, 0.2) is 15.2 Å². The SMILES string of the molecule is COC(CC(=O)O)Cn1nnnc1-c1csc(Br)c1. The summed E-state index contributed by atoms with van der Waals surface area (Å²) in [5.41, 5.74) is 0.882. The van der Waals surface area contributed by atoms with Crippen molar-refractivity contribution in [2.75, 3.05) is 7.11 Å². The number of aromatic nitrogens is 4. The van der Waals surface area contributed by atoms with Crippen molar-refractivity contribution in [3.05, 3.63) is 15.2 Å². The van der Waals surface area contributed by atoms with Crippen LogP contribution < -0.4 is 0 Å². The molecule has 2 aromatic rings. The second kappa shape index (κ2) is 6.22. The third kappa shape index (κ3) is 3.58. The van der Waals surface area contributed by atoms with E-state index in [-0.39, 0.29) is 6.42 Å². The smallest absolute Gasteiger partial charge is 0.306 e. The van der Waals surface area contributed by atoms with Crippen LogP contribution in [0.3, 0.4) is 0 Å². The van der Waals surface area contributed by atoms with E-state index in [0.717, 1.165) is 9.35 Å². The van der Waals surface area contributed by atoms with E-state index in [2.05, 4.69) is 31.5 Å². The molecule has 0 aromatic carbocycles. The quantitative estimate of drug-likeness (QED) is 0.855. The summed E-state index contributed by atoms with van der Waals surface area (Å²) in [5.74, 6) is -0.325. The van der Waals surface area contributed by atoms with Gasteiger partial charge < -0.3 is 9.84 Å². The van der Waals surface area contributed by atoms with E-state index in [1.807, 2.05) is 11.4 Å². The zero-order valence-electron chi connectivity index (χ0n) is 9.99. The van der Waals surface area contributed by atoms with Crippen LogP contribution in [0.2, 0.25) is 0 Å². The number of methoxy groups -OCH3 is 1. The highest BCUT2D eigenvalue weighted by molar-refractivity contribution is 9.11. The van der Waals surface area contributed by atoms with E-state index in [1.54, 1.807) is 4.68 Å². The Balaban J connectivity index is 2.17. The third-order valence-corrected chi connectivity index (χ3v) is 3.97. The molecule has 0 amide bonds. The third-order valence-electron chi connectivity index (χ3n) is 2.47. The van der Waals surface area contributed by atoms with Gasteiger partial charge in [0.15, 0.2) is 5.82 Å². The van der Waals surface area contributed by atoms with Crippen molar-refractivity contribution >= 4 is 33.2 Å². The lowest BCUT2D eigenvalue weighted by Crippen LogP contribution is -2.23. The van der Waals surface area contributed by atoms with E-state index < -0.39 is 12.1 Å². The van der Waals surface area contributed by atoms with Crippen LogP contribution in [-0.2, 0) is 16.1 Å². The Morgan fingerprint density at radius 2 is 2.47 bits per heavy atom. The predicted octanol–water partition coefficient (Wildman–Crippen LogP) is 1.65. The van der Waals surface area contributed by atoms with Crippen LogP contribution in [0.5, 0.6) is 0 Å². The van der Waals surface area contributed by atoms with Gasteiger partial charge in [0, 0.05) is 18.1 Å². The zero-order chi connectivity index (χ0) is 13.8. The molecule has 7 nitrogen and oxygen atoms in total. The maximum absolute atomic E-state index is 10.7. The van der Waals surface area contributed by atoms with Crippen LogP contribution in [0.25, 0.3) is 11.4 Å². The molecule has 19 heavy (non-hydrogen) atoms. The molecule has 0 aliphatic heterocycles. The van der Waals surface area contributed by atoms with Crippen molar-refractivity contribution in [2.45, 2.75) is 19.1 Å². The van der Waals surface area contributed by atoms with E-state index in [9.17, 15) is 4.79 Å². The highest BCUT2D eigenvalue weighted by Crippen LogP contribution is 2.27. The van der Waals surface area contributed by atoms with Crippen LogP contribution in [-0.4, -0.2) is 44.5 Å². The predicted molar refractivity (Wildman–Crippen MR) is 71.9 cm³/mol. The standard InChI is InChI=1S/C10H11BrN4O3S/c1-18-7(3-9(16)17)4-15-10(12-13-14-15)6-2-8(11)19-5-6/h2,5,7H,3-4H2,1H3,(H,16,17). The van der Waals surface area contributed by atoms with E-state index in [1.165, 1.54) is 18.4 Å². The molecule has 1 unspecified atom stereocenters.